The zero-order valence-electron chi connectivity index (χ0n) is 16.4. The number of nitrogens with zero attached hydrogens (tertiary/aromatic N) is 1. The van der Waals surface area contributed by atoms with Crippen molar-refractivity contribution < 1.29 is 9.59 Å². The average molecular weight is 394 g/mol. The van der Waals surface area contributed by atoms with E-state index >= 15 is 0 Å². The number of benzene rings is 2. The van der Waals surface area contributed by atoms with Crippen molar-refractivity contribution in [2.24, 2.45) is 0 Å². The minimum atomic E-state index is -0.214. The standard InChI is InChI=1S/C22H23N3O2S/c1-13-10-14(2)19(15(3)11-13)25-21(27)20-16(4)23-22(28-20)24-18(26)12-17-8-6-5-7-9-17/h5-11H,12H2,1-4H3,(H,25,27)(H,23,24,26). The molecule has 1 heterocycles. The lowest BCUT2D eigenvalue weighted by molar-refractivity contribution is -0.115. The van der Waals surface area contributed by atoms with Crippen LogP contribution in [0.4, 0.5) is 10.8 Å². The number of aromatic nitrogens is 1. The van der Waals surface area contributed by atoms with Crippen LogP contribution in [0.5, 0.6) is 0 Å². The van der Waals surface area contributed by atoms with Gasteiger partial charge in [-0.2, -0.15) is 0 Å². The van der Waals surface area contributed by atoms with Crippen LogP contribution in [0, 0.1) is 27.7 Å². The molecule has 28 heavy (non-hydrogen) atoms. The summed E-state index contributed by atoms with van der Waals surface area (Å²) in [6, 6.07) is 13.6. The number of anilines is 2. The number of aryl methyl sites for hydroxylation is 4. The molecule has 0 bridgehead atoms. The third-order valence-electron chi connectivity index (χ3n) is 4.37. The van der Waals surface area contributed by atoms with E-state index in [2.05, 4.69) is 15.6 Å². The van der Waals surface area contributed by atoms with Gasteiger partial charge in [-0.3, -0.25) is 9.59 Å². The Bertz CT molecular complexity index is 1000. The Kier molecular flexibility index (Phi) is 5.90. The Morgan fingerprint density at radius 3 is 2.25 bits per heavy atom. The first-order chi connectivity index (χ1) is 13.3. The summed E-state index contributed by atoms with van der Waals surface area (Å²) in [6.07, 6.45) is 0.267. The molecule has 0 fully saturated rings. The van der Waals surface area contributed by atoms with Gasteiger partial charge < -0.3 is 10.6 Å². The highest BCUT2D eigenvalue weighted by atomic mass is 32.1. The number of hydrogen-bond donors (Lipinski definition) is 2. The fourth-order valence-corrected chi connectivity index (χ4v) is 4.03. The molecule has 0 aliphatic rings. The first kappa shape index (κ1) is 19.8. The molecule has 2 aromatic carbocycles. The number of rotatable bonds is 5. The van der Waals surface area contributed by atoms with Gasteiger partial charge in [0.25, 0.3) is 5.91 Å². The Balaban J connectivity index is 1.71. The molecule has 0 radical (unpaired) electrons. The Morgan fingerprint density at radius 1 is 0.964 bits per heavy atom. The van der Waals surface area contributed by atoms with Crippen LogP contribution < -0.4 is 10.6 Å². The van der Waals surface area contributed by atoms with Gasteiger partial charge >= 0.3 is 0 Å². The normalized spacial score (nSPS) is 10.6. The number of amides is 2. The van der Waals surface area contributed by atoms with E-state index < -0.39 is 0 Å². The fourth-order valence-electron chi connectivity index (χ4n) is 3.15. The molecule has 3 rings (SSSR count). The van der Waals surface area contributed by atoms with E-state index in [1.165, 1.54) is 11.3 Å². The largest absolute Gasteiger partial charge is 0.321 e. The highest BCUT2D eigenvalue weighted by Crippen LogP contribution is 2.27. The summed E-state index contributed by atoms with van der Waals surface area (Å²) in [5, 5.41) is 6.21. The van der Waals surface area contributed by atoms with Crippen LogP contribution in [0.2, 0.25) is 0 Å². The van der Waals surface area contributed by atoms with Crippen LogP contribution in [0.1, 0.15) is 37.6 Å². The molecule has 144 valence electrons. The second-order valence-corrected chi connectivity index (χ2v) is 7.87. The summed E-state index contributed by atoms with van der Waals surface area (Å²) < 4.78 is 0. The minimum Gasteiger partial charge on any atom is -0.321 e. The maximum absolute atomic E-state index is 12.8. The molecule has 2 N–H and O–H groups in total. The van der Waals surface area contributed by atoms with Gasteiger partial charge in [0.2, 0.25) is 5.91 Å². The molecule has 6 heteroatoms. The third-order valence-corrected chi connectivity index (χ3v) is 5.44. The summed E-state index contributed by atoms with van der Waals surface area (Å²) in [5.74, 6) is -0.370. The average Bonchev–Trinajstić information content (AvgIpc) is 2.99. The second kappa shape index (κ2) is 8.35. The van der Waals surface area contributed by atoms with E-state index in [4.69, 9.17) is 0 Å². The predicted octanol–water partition coefficient (Wildman–Crippen LogP) is 4.81. The number of carbonyl (C=O) groups is 2. The van der Waals surface area contributed by atoms with Crippen molar-refractivity contribution in [2.45, 2.75) is 34.1 Å². The maximum atomic E-state index is 12.8. The van der Waals surface area contributed by atoms with Crippen LogP contribution in [0.25, 0.3) is 0 Å². The van der Waals surface area contributed by atoms with Gasteiger partial charge in [0.05, 0.1) is 12.1 Å². The topological polar surface area (TPSA) is 71.1 Å². The SMILES string of the molecule is Cc1cc(C)c(NC(=O)c2sc(NC(=O)Cc3ccccc3)nc2C)c(C)c1. The summed E-state index contributed by atoms with van der Waals surface area (Å²) in [4.78, 5) is 29.8. The number of thiazole rings is 1. The molecule has 1 aromatic heterocycles. The Hall–Kier alpha value is -2.99. The van der Waals surface area contributed by atoms with Crippen molar-refractivity contribution in [3.8, 4) is 0 Å². The quantitative estimate of drug-likeness (QED) is 0.653. The molecular formula is C22H23N3O2S. The molecule has 2 amide bonds. The molecule has 5 nitrogen and oxygen atoms in total. The molecule has 3 aromatic rings. The lowest BCUT2D eigenvalue weighted by Crippen LogP contribution is -2.14. The van der Waals surface area contributed by atoms with Crippen molar-refractivity contribution in [3.63, 3.8) is 0 Å². The number of nitrogens with one attached hydrogen (secondary N) is 2. The van der Waals surface area contributed by atoms with E-state index in [9.17, 15) is 9.59 Å². The van der Waals surface area contributed by atoms with Crippen LogP contribution >= 0.6 is 11.3 Å². The fraction of sp³-hybridized carbons (Fsp3) is 0.227. The molecule has 0 aliphatic carbocycles. The highest BCUT2D eigenvalue weighted by Gasteiger charge is 2.18. The maximum Gasteiger partial charge on any atom is 0.267 e. The molecule has 0 spiro atoms. The Morgan fingerprint density at radius 2 is 1.61 bits per heavy atom. The molecule has 0 unspecified atom stereocenters. The lowest BCUT2D eigenvalue weighted by Gasteiger charge is -2.12. The smallest absolute Gasteiger partial charge is 0.267 e. The van der Waals surface area contributed by atoms with Crippen molar-refractivity contribution in [3.05, 3.63) is 75.3 Å². The Labute approximate surface area is 168 Å². The molecule has 0 saturated heterocycles. The van der Waals surface area contributed by atoms with Crippen LogP contribution in [0.3, 0.4) is 0 Å². The van der Waals surface area contributed by atoms with E-state index in [0.717, 1.165) is 27.9 Å². The third kappa shape index (κ3) is 4.64. The first-order valence-corrected chi connectivity index (χ1v) is 9.85. The second-order valence-electron chi connectivity index (χ2n) is 6.87. The van der Waals surface area contributed by atoms with Gasteiger partial charge in [0, 0.05) is 5.69 Å². The number of hydrogen-bond acceptors (Lipinski definition) is 4. The van der Waals surface area contributed by atoms with Crippen LogP contribution in [-0.2, 0) is 11.2 Å². The first-order valence-electron chi connectivity index (χ1n) is 9.04. The van der Waals surface area contributed by atoms with Crippen molar-refractivity contribution >= 4 is 34.0 Å². The van der Waals surface area contributed by atoms with Crippen LogP contribution in [-0.4, -0.2) is 16.8 Å². The van der Waals surface area contributed by atoms with Gasteiger partial charge in [-0.15, -0.1) is 0 Å². The summed E-state index contributed by atoms with van der Waals surface area (Å²) in [6.45, 7) is 7.76. The van der Waals surface area contributed by atoms with E-state index in [-0.39, 0.29) is 18.2 Å². The summed E-state index contributed by atoms with van der Waals surface area (Å²) in [7, 11) is 0. The molecule has 0 atom stereocenters. The lowest BCUT2D eigenvalue weighted by atomic mass is 10.1. The molecular weight excluding hydrogens is 370 g/mol. The van der Waals surface area contributed by atoms with Crippen LogP contribution in [0.15, 0.2) is 42.5 Å². The minimum absolute atomic E-state index is 0.155. The molecule has 0 aliphatic heterocycles. The predicted molar refractivity (Wildman–Crippen MR) is 114 cm³/mol. The monoisotopic (exact) mass is 393 g/mol. The number of carbonyl (C=O) groups excluding carboxylic acids is 2. The van der Waals surface area contributed by atoms with E-state index in [0.29, 0.717) is 15.7 Å². The van der Waals surface area contributed by atoms with Crippen molar-refractivity contribution in [1.82, 2.24) is 4.98 Å². The van der Waals surface area contributed by atoms with Gasteiger partial charge in [0.1, 0.15) is 4.88 Å². The van der Waals surface area contributed by atoms with Gasteiger partial charge in [-0.25, -0.2) is 4.98 Å². The van der Waals surface area contributed by atoms with E-state index in [1.54, 1.807) is 6.92 Å². The highest BCUT2D eigenvalue weighted by molar-refractivity contribution is 7.17. The zero-order valence-corrected chi connectivity index (χ0v) is 17.2. The molecule has 0 saturated carbocycles. The van der Waals surface area contributed by atoms with Gasteiger partial charge in [-0.1, -0.05) is 59.4 Å². The van der Waals surface area contributed by atoms with E-state index in [1.807, 2.05) is 63.2 Å². The summed E-state index contributed by atoms with van der Waals surface area (Å²) in [5.41, 5.74) is 5.54. The van der Waals surface area contributed by atoms with Gasteiger partial charge in [-0.05, 0) is 44.4 Å². The van der Waals surface area contributed by atoms with Crippen molar-refractivity contribution in [2.75, 3.05) is 10.6 Å². The van der Waals surface area contributed by atoms with Gasteiger partial charge in [0.15, 0.2) is 5.13 Å². The zero-order chi connectivity index (χ0) is 20.3. The summed E-state index contributed by atoms with van der Waals surface area (Å²) >= 11 is 1.19. The van der Waals surface area contributed by atoms with Crippen molar-refractivity contribution in [1.29, 1.82) is 0 Å².